The van der Waals surface area contributed by atoms with Gasteiger partial charge in [-0.05, 0) is 6.07 Å². The van der Waals surface area contributed by atoms with E-state index < -0.39 is 15.8 Å². The van der Waals surface area contributed by atoms with E-state index >= 15 is 0 Å². The van der Waals surface area contributed by atoms with Gasteiger partial charge >= 0.3 is 0 Å². The highest BCUT2D eigenvalue weighted by Gasteiger charge is 2.31. The summed E-state index contributed by atoms with van der Waals surface area (Å²) in [6.07, 6.45) is 0. The Morgan fingerprint density at radius 3 is 1.81 bits per heavy atom. The van der Waals surface area contributed by atoms with Gasteiger partial charge in [-0.2, -0.15) is 0 Å². The van der Waals surface area contributed by atoms with Crippen LogP contribution in [0.25, 0.3) is 0 Å². The fraction of sp³-hybridized carbons (Fsp3) is 0.500. The second-order valence-corrected chi connectivity index (χ2v) is 7.15. The maximum absolute atomic E-state index is 12.3. The minimum atomic E-state index is -0.722. The van der Waals surface area contributed by atoms with Gasteiger partial charge in [-0.15, -0.1) is 0 Å². The Hall–Kier alpha value is -2.04. The number of nitrogens with zero attached hydrogens (tertiary/aromatic N) is 1. The lowest BCUT2D eigenvalue weighted by Crippen LogP contribution is -2.23. The van der Waals surface area contributed by atoms with Crippen LogP contribution in [0.4, 0.5) is 5.69 Å². The summed E-state index contributed by atoms with van der Waals surface area (Å²) >= 11 is 0. The monoisotopic (exact) mass is 291 g/mol. The highest BCUT2D eigenvalue weighted by molar-refractivity contribution is 6.06. The lowest BCUT2D eigenvalue weighted by molar-refractivity contribution is -0.385. The number of Topliss-reactive ketones (excluding diaryl/α,β-unsaturated/α-hetero) is 2. The molecule has 0 atom stereocenters. The lowest BCUT2D eigenvalue weighted by Gasteiger charge is -2.19. The molecule has 0 fully saturated rings. The molecule has 0 amide bonds. The first-order valence-corrected chi connectivity index (χ1v) is 6.74. The van der Waals surface area contributed by atoms with Crippen LogP contribution < -0.4 is 0 Å². The Kier molecular flexibility index (Phi) is 4.37. The molecule has 0 spiro atoms. The summed E-state index contributed by atoms with van der Waals surface area (Å²) in [4.78, 5) is 35.1. The SMILES string of the molecule is CC(C)(C)C(=O)c1ccc(C(=O)C(C)(C)C)c([N+](=O)[O-])c1. The van der Waals surface area contributed by atoms with Crippen molar-refractivity contribution in [1.82, 2.24) is 0 Å². The number of rotatable bonds is 3. The number of carbonyl (C=O) groups excluding carboxylic acids is 2. The van der Waals surface area contributed by atoms with E-state index in [-0.39, 0.29) is 28.4 Å². The molecule has 21 heavy (non-hydrogen) atoms. The van der Waals surface area contributed by atoms with Gasteiger partial charge in [0.05, 0.1) is 10.5 Å². The third-order valence-electron chi connectivity index (χ3n) is 3.06. The van der Waals surface area contributed by atoms with Crippen molar-refractivity contribution in [1.29, 1.82) is 0 Å². The maximum Gasteiger partial charge on any atom is 0.280 e. The first kappa shape index (κ1) is 17.0. The average molecular weight is 291 g/mol. The summed E-state index contributed by atoms with van der Waals surface area (Å²) in [7, 11) is 0. The van der Waals surface area contributed by atoms with Gasteiger partial charge in [0.25, 0.3) is 5.69 Å². The summed E-state index contributed by atoms with van der Waals surface area (Å²) in [6, 6.07) is 4.07. The number of carbonyl (C=O) groups is 2. The predicted octanol–water partition coefficient (Wildman–Crippen LogP) is 4.05. The highest BCUT2D eigenvalue weighted by atomic mass is 16.6. The Morgan fingerprint density at radius 1 is 0.952 bits per heavy atom. The Labute approximate surface area is 124 Å². The highest BCUT2D eigenvalue weighted by Crippen LogP contribution is 2.30. The molecular weight excluding hydrogens is 270 g/mol. The van der Waals surface area contributed by atoms with Crippen LogP contribution in [0.2, 0.25) is 0 Å². The van der Waals surface area contributed by atoms with E-state index in [1.807, 2.05) is 0 Å². The van der Waals surface area contributed by atoms with Crippen LogP contribution in [-0.2, 0) is 0 Å². The maximum atomic E-state index is 12.3. The third kappa shape index (κ3) is 3.74. The quantitative estimate of drug-likeness (QED) is 0.478. The molecule has 114 valence electrons. The molecular formula is C16H21NO4. The zero-order valence-electron chi connectivity index (χ0n) is 13.3. The molecule has 0 saturated heterocycles. The number of hydrogen-bond donors (Lipinski definition) is 0. The minimum absolute atomic E-state index is 0.0398. The molecule has 0 N–H and O–H groups in total. The molecule has 1 rings (SSSR count). The van der Waals surface area contributed by atoms with Crippen molar-refractivity contribution in [2.24, 2.45) is 10.8 Å². The van der Waals surface area contributed by atoms with Crippen LogP contribution in [0.1, 0.15) is 62.3 Å². The standard InChI is InChI=1S/C16H21NO4/c1-15(2,3)13(18)10-7-8-11(12(9-10)17(20)21)14(19)16(4,5)6/h7-9H,1-6H3. The molecule has 0 bridgehead atoms. The van der Waals surface area contributed by atoms with E-state index in [4.69, 9.17) is 0 Å². The third-order valence-corrected chi connectivity index (χ3v) is 3.06. The van der Waals surface area contributed by atoms with E-state index in [1.54, 1.807) is 41.5 Å². The summed E-state index contributed by atoms with van der Waals surface area (Å²) < 4.78 is 0. The van der Waals surface area contributed by atoms with E-state index in [0.29, 0.717) is 0 Å². The van der Waals surface area contributed by atoms with Crippen LogP contribution >= 0.6 is 0 Å². The topological polar surface area (TPSA) is 77.3 Å². The van der Waals surface area contributed by atoms with Crippen LogP contribution in [0.5, 0.6) is 0 Å². The van der Waals surface area contributed by atoms with Crippen LogP contribution in [0, 0.1) is 20.9 Å². The molecule has 0 aromatic heterocycles. The first-order valence-electron chi connectivity index (χ1n) is 6.74. The molecule has 0 unspecified atom stereocenters. The van der Waals surface area contributed by atoms with E-state index in [2.05, 4.69) is 0 Å². The van der Waals surface area contributed by atoms with Crippen LogP contribution in [0.15, 0.2) is 18.2 Å². The van der Waals surface area contributed by atoms with E-state index in [0.717, 1.165) is 0 Å². The van der Waals surface area contributed by atoms with Gasteiger partial charge < -0.3 is 0 Å². The molecule has 0 radical (unpaired) electrons. The number of hydrogen-bond acceptors (Lipinski definition) is 4. The second-order valence-electron chi connectivity index (χ2n) is 7.15. The Balaban J connectivity index is 3.44. The molecule has 0 aliphatic rings. The average Bonchev–Trinajstić information content (AvgIpc) is 2.34. The van der Waals surface area contributed by atoms with Gasteiger partial charge in [-0.3, -0.25) is 19.7 Å². The number of nitro groups is 1. The number of nitro benzene ring substituents is 1. The molecule has 1 aromatic rings. The fourth-order valence-corrected chi connectivity index (χ4v) is 1.85. The van der Waals surface area contributed by atoms with Crippen molar-refractivity contribution in [3.05, 3.63) is 39.4 Å². The Morgan fingerprint density at radius 2 is 1.43 bits per heavy atom. The van der Waals surface area contributed by atoms with Crippen molar-refractivity contribution >= 4 is 17.3 Å². The van der Waals surface area contributed by atoms with Crippen molar-refractivity contribution in [3.63, 3.8) is 0 Å². The van der Waals surface area contributed by atoms with E-state index in [1.165, 1.54) is 18.2 Å². The molecule has 5 nitrogen and oxygen atoms in total. The van der Waals surface area contributed by atoms with Gasteiger partial charge in [0.1, 0.15) is 0 Å². The van der Waals surface area contributed by atoms with Gasteiger partial charge in [0.2, 0.25) is 0 Å². The second kappa shape index (κ2) is 5.39. The summed E-state index contributed by atoms with van der Waals surface area (Å²) in [5.74, 6) is -0.510. The van der Waals surface area contributed by atoms with Gasteiger partial charge in [0, 0.05) is 22.5 Å². The molecule has 0 aliphatic carbocycles. The molecule has 0 saturated carbocycles. The van der Waals surface area contributed by atoms with Crippen molar-refractivity contribution in [2.75, 3.05) is 0 Å². The normalized spacial score (nSPS) is 12.1. The Bertz CT molecular complexity index is 604. The van der Waals surface area contributed by atoms with Gasteiger partial charge in [-0.25, -0.2) is 0 Å². The summed E-state index contributed by atoms with van der Waals surface area (Å²) in [6.45, 7) is 10.3. The van der Waals surface area contributed by atoms with Gasteiger partial charge in [-0.1, -0.05) is 47.6 Å². The van der Waals surface area contributed by atoms with Crippen molar-refractivity contribution in [2.45, 2.75) is 41.5 Å². The van der Waals surface area contributed by atoms with Crippen molar-refractivity contribution < 1.29 is 14.5 Å². The van der Waals surface area contributed by atoms with Crippen LogP contribution in [0.3, 0.4) is 0 Å². The zero-order valence-corrected chi connectivity index (χ0v) is 13.3. The predicted molar refractivity (Wildman–Crippen MR) is 80.7 cm³/mol. The summed E-state index contributed by atoms with van der Waals surface area (Å²) in [5.41, 5.74) is -1.38. The van der Waals surface area contributed by atoms with Gasteiger partial charge in [0.15, 0.2) is 11.6 Å². The van der Waals surface area contributed by atoms with E-state index in [9.17, 15) is 19.7 Å². The summed E-state index contributed by atoms with van der Waals surface area (Å²) in [5, 5.41) is 11.2. The minimum Gasteiger partial charge on any atom is -0.294 e. The van der Waals surface area contributed by atoms with Crippen molar-refractivity contribution in [3.8, 4) is 0 Å². The molecule has 1 aromatic carbocycles. The molecule has 5 heteroatoms. The number of ketones is 2. The fourth-order valence-electron chi connectivity index (χ4n) is 1.85. The van der Waals surface area contributed by atoms with Crippen LogP contribution in [-0.4, -0.2) is 16.5 Å². The largest absolute Gasteiger partial charge is 0.294 e. The lowest BCUT2D eigenvalue weighted by atomic mass is 9.83. The smallest absolute Gasteiger partial charge is 0.280 e. The number of benzene rings is 1. The zero-order chi connectivity index (χ0) is 16.6. The molecule has 0 aliphatic heterocycles. The first-order chi connectivity index (χ1) is 9.35. The molecule has 0 heterocycles.